The topological polar surface area (TPSA) is 133 Å². The van der Waals surface area contributed by atoms with Crippen molar-refractivity contribution in [2.75, 3.05) is 5.32 Å². The molecule has 0 saturated carbocycles. The van der Waals surface area contributed by atoms with Crippen LogP contribution in [0.2, 0.25) is 5.02 Å². The number of carboxylic acids is 1. The molecule has 0 aliphatic rings. The number of nitrogens with one attached hydrogen (secondary N) is 3. The molecule has 10 heteroatoms. The van der Waals surface area contributed by atoms with Gasteiger partial charge in [-0.1, -0.05) is 83.4 Å². The molecule has 4 N–H and O–H groups in total. The van der Waals surface area contributed by atoms with Gasteiger partial charge in [0.1, 0.15) is 6.04 Å². The van der Waals surface area contributed by atoms with Crippen molar-refractivity contribution in [1.29, 1.82) is 0 Å². The average Bonchev–Trinajstić information content (AvgIpc) is 3.37. The number of aromatic amines is 1. The smallest absolute Gasteiger partial charge is 0.321 e. The van der Waals surface area contributed by atoms with E-state index < -0.39 is 24.0 Å². The number of rotatable bonds is 10. The van der Waals surface area contributed by atoms with Crippen LogP contribution in [0.4, 0.5) is 5.95 Å². The fourth-order valence-electron chi connectivity index (χ4n) is 3.69. The van der Waals surface area contributed by atoms with Crippen molar-refractivity contribution in [3.8, 4) is 11.1 Å². The summed E-state index contributed by atoms with van der Waals surface area (Å²) in [5.41, 5.74) is 3.64. The fourth-order valence-corrected chi connectivity index (χ4v) is 3.88. The molecule has 0 aliphatic carbocycles. The lowest BCUT2D eigenvalue weighted by atomic mass is 9.99. The summed E-state index contributed by atoms with van der Waals surface area (Å²) in [5, 5.41) is 29.2. The minimum atomic E-state index is -1.05. The van der Waals surface area contributed by atoms with E-state index in [4.69, 9.17) is 11.6 Å². The first-order valence-corrected chi connectivity index (χ1v) is 11.3. The third-order valence-corrected chi connectivity index (χ3v) is 5.67. The van der Waals surface area contributed by atoms with E-state index in [9.17, 15) is 14.7 Å². The maximum absolute atomic E-state index is 13.0. The van der Waals surface area contributed by atoms with Crippen LogP contribution in [0, 0.1) is 0 Å². The molecule has 0 saturated heterocycles. The Hall–Kier alpha value is -4.08. The first kappa shape index (κ1) is 24.1. The van der Waals surface area contributed by atoms with Crippen LogP contribution in [0.3, 0.4) is 0 Å². The van der Waals surface area contributed by atoms with Gasteiger partial charge in [0.25, 0.3) is 5.95 Å². The molecule has 4 aromatic rings. The van der Waals surface area contributed by atoms with Crippen molar-refractivity contribution in [3.05, 3.63) is 95.0 Å². The van der Waals surface area contributed by atoms with Gasteiger partial charge in [0.05, 0.1) is 6.04 Å². The van der Waals surface area contributed by atoms with Crippen molar-refractivity contribution in [2.24, 2.45) is 0 Å². The number of amides is 1. The molecule has 4 rings (SSSR count). The van der Waals surface area contributed by atoms with Crippen LogP contribution in [0.5, 0.6) is 0 Å². The number of nitrogens with zero attached hydrogens (tertiary/aromatic N) is 3. The molecule has 1 aromatic heterocycles. The number of carboxylic acid groups (broad SMARTS) is 1. The molecule has 9 nitrogen and oxygen atoms in total. The van der Waals surface area contributed by atoms with Crippen LogP contribution in [0.15, 0.2) is 78.9 Å². The number of anilines is 1. The van der Waals surface area contributed by atoms with Gasteiger partial charge in [-0.2, -0.15) is 5.21 Å². The standard InChI is InChI=1S/C25H23ClN6O3/c26-20-8-4-7-19(15-20)18-11-9-17(10-12-18)13-21(23(33)28-25-29-31-32-30-25)27-22(24(34)35)14-16-5-2-1-3-6-16/h1-12,15,21-22,27H,13-14H2,(H,34,35)(H2,28,29,30,31,32,33)/t21-,22?/m0/s1. The minimum Gasteiger partial charge on any atom is -0.480 e. The van der Waals surface area contributed by atoms with Gasteiger partial charge in [-0.15, -0.1) is 5.10 Å². The molecule has 0 aliphatic heterocycles. The first-order chi connectivity index (χ1) is 17.0. The molecule has 3 aromatic carbocycles. The first-order valence-electron chi connectivity index (χ1n) is 10.9. The Balaban J connectivity index is 1.53. The minimum absolute atomic E-state index is 0.00744. The van der Waals surface area contributed by atoms with Gasteiger partial charge < -0.3 is 5.11 Å². The van der Waals surface area contributed by atoms with Gasteiger partial charge in [-0.3, -0.25) is 20.2 Å². The van der Waals surface area contributed by atoms with Gasteiger partial charge in [0.15, 0.2) is 0 Å². The summed E-state index contributed by atoms with van der Waals surface area (Å²) >= 11 is 6.10. The van der Waals surface area contributed by atoms with Gasteiger partial charge in [0, 0.05) is 5.02 Å². The molecule has 0 spiro atoms. The Morgan fingerprint density at radius 3 is 2.26 bits per heavy atom. The molecule has 178 valence electrons. The highest BCUT2D eigenvalue weighted by molar-refractivity contribution is 6.30. The third-order valence-electron chi connectivity index (χ3n) is 5.43. The molecular formula is C25H23ClN6O3. The summed E-state index contributed by atoms with van der Waals surface area (Å²) in [7, 11) is 0. The lowest BCUT2D eigenvalue weighted by Gasteiger charge is -2.23. The summed E-state index contributed by atoms with van der Waals surface area (Å²) in [4.78, 5) is 25.1. The lowest BCUT2D eigenvalue weighted by molar-refractivity contribution is -0.139. The summed E-state index contributed by atoms with van der Waals surface area (Å²) in [6, 6.07) is 22.6. The zero-order valence-electron chi connectivity index (χ0n) is 18.6. The number of halogens is 1. The average molecular weight is 491 g/mol. The Morgan fingerprint density at radius 2 is 1.60 bits per heavy atom. The molecule has 2 atom stereocenters. The van der Waals surface area contributed by atoms with Gasteiger partial charge in [0.2, 0.25) is 5.91 Å². The summed E-state index contributed by atoms with van der Waals surface area (Å²) in [5.74, 6) is -1.51. The van der Waals surface area contributed by atoms with Crippen molar-refractivity contribution in [3.63, 3.8) is 0 Å². The van der Waals surface area contributed by atoms with Crippen LogP contribution in [-0.2, 0) is 22.4 Å². The second-order valence-electron chi connectivity index (χ2n) is 7.94. The van der Waals surface area contributed by atoms with E-state index in [1.807, 2.05) is 78.9 Å². The third kappa shape index (κ3) is 6.72. The number of aromatic nitrogens is 4. The van der Waals surface area contributed by atoms with Gasteiger partial charge >= 0.3 is 5.97 Å². The van der Waals surface area contributed by atoms with Crippen LogP contribution in [-0.4, -0.2) is 49.7 Å². The Bertz CT molecular complexity index is 1270. The molecule has 1 heterocycles. The molecule has 1 amide bonds. The van der Waals surface area contributed by atoms with Crippen LogP contribution >= 0.6 is 11.6 Å². The number of tetrazole rings is 1. The molecular weight excluding hydrogens is 468 g/mol. The Kier molecular flexibility index (Phi) is 7.81. The number of hydrogen-bond acceptors (Lipinski definition) is 6. The van der Waals surface area contributed by atoms with Crippen molar-refractivity contribution in [1.82, 2.24) is 25.9 Å². The number of hydrogen-bond donors (Lipinski definition) is 4. The predicted octanol–water partition coefficient (Wildman–Crippen LogP) is 3.36. The number of carbonyl (C=O) groups excluding carboxylic acids is 1. The van der Waals surface area contributed by atoms with E-state index in [-0.39, 0.29) is 18.8 Å². The van der Waals surface area contributed by atoms with E-state index in [0.717, 1.165) is 22.3 Å². The van der Waals surface area contributed by atoms with Gasteiger partial charge in [-0.05, 0) is 52.4 Å². The Labute approximate surface area is 206 Å². The van der Waals surface area contributed by atoms with E-state index in [1.54, 1.807) is 0 Å². The quantitative estimate of drug-likeness (QED) is 0.268. The highest BCUT2D eigenvalue weighted by atomic mass is 35.5. The summed E-state index contributed by atoms with van der Waals surface area (Å²) < 4.78 is 0. The zero-order valence-corrected chi connectivity index (χ0v) is 19.3. The normalized spacial score (nSPS) is 12.6. The van der Waals surface area contributed by atoms with Crippen molar-refractivity contribution in [2.45, 2.75) is 24.9 Å². The number of carbonyl (C=O) groups is 2. The second kappa shape index (κ2) is 11.4. The van der Waals surface area contributed by atoms with Gasteiger partial charge in [-0.25, -0.2) is 0 Å². The lowest BCUT2D eigenvalue weighted by Crippen LogP contribution is -2.51. The molecule has 1 unspecified atom stereocenters. The SMILES string of the molecule is O=C(O)C(Cc1ccccc1)N[C@@H](Cc1ccc(-c2cccc(Cl)c2)cc1)C(=O)Nc1nn[nH]n1. The molecule has 0 radical (unpaired) electrons. The van der Waals surface area contributed by atoms with Crippen LogP contribution < -0.4 is 10.6 Å². The summed E-state index contributed by atoms with van der Waals surface area (Å²) in [6.45, 7) is 0. The van der Waals surface area contributed by atoms with Crippen LogP contribution in [0.1, 0.15) is 11.1 Å². The largest absolute Gasteiger partial charge is 0.480 e. The maximum atomic E-state index is 13.0. The second-order valence-corrected chi connectivity index (χ2v) is 8.37. The highest BCUT2D eigenvalue weighted by Crippen LogP contribution is 2.23. The molecule has 0 bridgehead atoms. The maximum Gasteiger partial charge on any atom is 0.321 e. The zero-order chi connectivity index (χ0) is 24.6. The predicted molar refractivity (Wildman–Crippen MR) is 132 cm³/mol. The van der Waals surface area contributed by atoms with E-state index in [1.165, 1.54) is 0 Å². The number of H-pyrrole nitrogens is 1. The highest BCUT2D eigenvalue weighted by Gasteiger charge is 2.27. The Morgan fingerprint density at radius 1 is 0.886 bits per heavy atom. The van der Waals surface area contributed by atoms with Crippen molar-refractivity contribution >= 4 is 29.4 Å². The fraction of sp³-hybridized carbons (Fsp3) is 0.160. The van der Waals surface area contributed by atoms with E-state index >= 15 is 0 Å². The van der Waals surface area contributed by atoms with E-state index in [0.29, 0.717) is 5.02 Å². The number of aliphatic carboxylic acids is 1. The monoisotopic (exact) mass is 490 g/mol. The summed E-state index contributed by atoms with van der Waals surface area (Å²) in [6.07, 6.45) is 0.466. The molecule has 35 heavy (non-hydrogen) atoms. The van der Waals surface area contributed by atoms with Crippen molar-refractivity contribution < 1.29 is 14.7 Å². The van der Waals surface area contributed by atoms with Crippen LogP contribution in [0.25, 0.3) is 11.1 Å². The molecule has 0 fully saturated rings. The van der Waals surface area contributed by atoms with E-state index in [2.05, 4.69) is 31.3 Å². The number of benzene rings is 3.